The summed E-state index contributed by atoms with van der Waals surface area (Å²) < 4.78 is 9.43. The van der Waals surface area contributed by atoms with E-state index in [-0.39, 0.29) is 5.56 Å². The lowest BCUT2D eigenvalue weighted by atomic mass is 9.98. The van der Waals surface area contributed by atoms with Gasteiger partial charge in [0.15, 0.2) is 0 Å². The number of benzene rings is 3. The highest BCUT2D eigenvalue weighted by Gasteiger charge is 2.14. The number of nitrogens with two attached hydrogens (primary N) is 1. The van der Waals surface area contributed by atoms with Gasteiger partial charge in [-0.05, 0) is 66.1 Å². The number of aromatic nitrogens is 3. The van der Waals surface area contributed by atoms with Gasteiger partial charge in [-0.25, -0.2) is 4.98 Å². The number of halogens is 1. The molecule has 6 nitrogen and oxygen atoms in total. The van der Waals surface area contributed by atoms with Crippen molar-refractivity contribution in [1.29, 1.82) is 0 Å². The Hall–Kier alpha value is -4.03. The maximum atomic E-state index is 12.7. The molecule has 0 aliphatic carbocycles. The van der Waals surface area contributed by atoms with Gasteiger partial charge in [-0.15, -0.1) is 0 Å². The predicted molar refractivity (Wildman–Crippen MR) is 147 cm³/mol. The topological polar surface area (TPSA) is 75.1 Å². The van der Waals surface area contributed by atoms with Crippen molar-refractivity contribution in [2.45, 2.75) is 13.3 Å². The van der Waals surface area contributed by atoms with Gasteiger partial charge in [0.2, 0.25) is 0 Å². The number of rotatable bonds is 6. The molecule has 0 unspecified atom stereocenters. The SMILES string of the molecule is CCOc1cccc(-c2cc(=O)n(C)c3ccc(Cc4cnc(-c5ccc(Cl)cc5N)n4C)cc23)c1. The van der Waals surface area contributed by atoms with Crippen molar-refractivity contribution in [1.82, 2.24) is 14.1 Å². The Morgan fingerprint density at radius 2 is 1.81 bits per heavy atom. The van der Waals surface area contributed by atoms with Gasteiger partial charge in [-0.1, -0.05) is 29.8 Å². The first kappa shape index (κ1) is 23.7. The zero-order valence-corrected chi connectivity index (χ0v) is 21.2. The van der Waals surface area contributed by atoms with Crippen molar-refractivity contribution in [3.63, 3.8) is 0 Å². The third-order valence-corrected chi connectivity index (χ3v) is 6.73. The Morgan fingerprint density at radius 3 is 2.58 bits per heavy atom. The molecule has 182 valence electrons. The molecular formula is C29H27ClN4O2. The smallest absolute Gasteiger partial charge is 0.251 e. The Bertz CT molecular complexity index is 1650. The maximum absolute atomic E-state index is 12.7. The Morgan fingerprint density at radius 1 is 0.972 bits per heavy atom. The Kier molecular flexibility index (Phi) is 6.29. The fraction of sp³-hybridized carbons (Fsp3) is 0.172. The Labute approximate surface area is 214 Å². The second kappa shape index (κ2) is 9.55. The predicted octanol–water partition coefficient (Wildman–Crippen LogP) is 5.83. The average molecular weight is 499 g/mol. The highest BCUT2D eigenvalue weighted by molar-refractivity contribution is 6.31. The van der Waals surface area contributed by atoms with Gasteiger partial charge in [0.1, 0.15) is 11.6 Å². The molecule has 3 aromatic carbocycles. The van der Waals surface area contributed by atoms with Gasteiger partial charge in [0, 0.05) is 60.1 Å². The van der Waals surface area contributed by atoms with Crippen LogP contribution in [-0.2, 0) is 20.5 Å². The molecule has 5 aromatic rings. The largest absolute Gasteiger partial charge is 0.494 e. The molecule has 0 saturated heterocycles. The van der Waals surface area contributed by atoms with E-state index in [1.54, 1.807) is 23.7 Å². The first-order valence-electron chi connectivity index (χ1n) is 11.8. The van der Waals surface area contributed by atoms with Crippen molar-refractivity contribution >= 4 is 28.2 Å². The molecule has 7 heteroatoms. The first-order chi connectivity index (χ1) is 17.4. The lowest BCUT2D eigenvalue weighted by Crippen LogP contribution is -2.16. The van der Waals surface area contributed by atoms with Crippen molar-refractivity contribution < 1.29 is 4.74 Å². The van der Waals surface area contributed by atoms with Crippen LogP contribution in [0.25, 0.3) is 33.4 Å². The average Bonchev–Trinajstić information content (AvgIpc) is 3.21. The fourth-order valence-corrected chi connectivity index (χ4v) is 4.76. The molecule has 0 aliphatic rings. The summed E-state index contributed by atoms with van der Waals surface area (Å²) in [6.07, 6.45) is 2.55. The van der Waals surface area contributed by atoms with Crippen molar-refractivity contribution in [2.24, 2.45) is 14.1 Å². The summed E-state index contributed by atoms with van der Waals surface area (Å²) in [5, 5.41) is 1.60. The van der Waals surface area contributed by atoms with Crippen LogP contribution < -0.4 is 16.0 Å². The molecule has 2 N–H and O–H groups in total. The van der Waals surface area contributed by atoms with Crippen LogP contribution in [0.15, 0.2) is 77.7 Å². The van der Waals surface area contributed by atoms with E-state index < -0.39 is 0 Å². The second-order valence-corrected chi connectivity index (χ2v) is 9.24. The van der Waals surface area contributed by atoms with Gasteiger partial charge in [0.05, 0.1) is 12.1 Å². The van der Waals surface area contributed by atoms with Gasteiger partial charge < -0.3 is 19.6 Å². The number of fused-ring (bicyclic) bond motifs is 1. The molecule has 0 spiro atoms. The van der Waals surface area contributed by atoms with Crippen LogP contribution in [0.4, 0.5) is 5.69 Å². The summed E-state index contributed by atoms with van der Waals surface area (Å²) in [5.41, 5.74) is 12.5. The summed E-state index contributed by atoms with van der Waals surface area (Å²) in [5.74, 6) is 1.57. The minimum Gasteiger partial charge on any atom is -0.494 e. The molecule has 2 heterocycles. The van der Waals surface area contributed by atoms with Crippen LogP contribution in [0.5, 0.6) is 5.75 Å². The monoisotopic (exact) mass is 498 g/mol. The summed E-state index contributed by atoms with van der Waals surface area (Å²) in [6.45, 7) is 2.54. The number of imidazole rings is 1. The third kappa shape index (κ3) is 4.36. The summed E-state index contributed by atoms with van der Waals surface area (Å²) >= 11 is 6.07. The normalized spacial score (nSPS) is 11.2. The molecule has 0 fully saturated rings. The van der Waals surface area contributed by atoms with E-state index in [1.807, 2.05) is 62.6 Å². The minimum absolute atomic E-state index is 0.0520. The highest BCUT2D eigenvalue weighted by Crippen LogP contribution is 2.32. The fourth-order valence-electron chi connectivity index (χ4n) is 4.58. The van der Waals surface area contributed by atoms with Crippen molar-refractivity contribution in [3.05, 3.63) is 99.6 Å². The van der Waals surface area contributed by atoms with E-state index in [0.717, 1.165) is 50.4 Å². The van der Waals surface area contributed by atoms with E-state index in [4.69, 9.17) is 22.1 Å². The summed E-state index contributed by atoms with van der Waals surface area (Å²) in [4.78, 5) is 17.4. The standard InChI is InChI=1S/C29H27ClN4O2/c1-4-36-22-7-5-6-19(14-22)24-16-28(35)34(3)27-11-8-18(13-25(24)27)12-21-17-32-29(33(21)2)23-10-9-20(30)15-26(23)31/h5-11,13-17H,4,12,31H2,1-3H3. The zero-order chi connectivity index (χ0) is 25.4. The van der Waals surface area contributed by atoms with Gasteiger partial charge in [0.25, 0.3) is 5.56 Å². The molecule has 0 amide bonds. The third-order valence-electron chi connectivity index (χ3n) is 6.49. The highest BCUT2D eigenvalue weighted by atomic mass is 35.5. The number of ether oxygens (including phenoxy) is 1. The number of nitrogens with zero attached hydrogens (tertiary/aromatic N) is 3. The number of anilines is 1. The molecule has 5 rings (SSSR count). The molecule has 0 saturated carbocycles. The van der Waals surface area contributed by atoms with Gasteiger partial charge >= 0.3 is 0 Å². The van der Waals surface area contributed by atoms with Crippen LogP contribution in [0, 0.1) is 0 Å². The molecule has 36 heavy (non-hydrogen) atoms. The number of hydrogen-bond acceptors (Lipinski definition) is 4. The van der Waals surface area contributed by atoms with Crippen LogP contribution in [-0.4, -0.2) is 20.7 Å². The van der Waals surface area contributed by atoms with E-state index in [9.17, 15) is 4.79 Å². The van der Waals surface area contributed by atoms with E-state index in [2.05, 4.69) is 21.7 Å². The Balaban J connectivity index is 1.57. The molecule has 0 bridgehead atoms. The molecular weight excluding hydrogens is 472 g/mol. The zero-order valence-electron chi connectivity index (χ0n) is 20.5. The van der Waals surface area contributed by atoms with Crippen LogP contribution in [0.1, 0.15) is 18.2 Å². The minimum atomic E-state index is -0.0520. The van der Waals surface area contributed by atoms with Gasteiger partial charge in [-0.3, -0.25) is 4.79 Å². The van der Waals surface area contributed by atoms with Crippen LogP contribution in [0.3, 0.4) is 0 Å². The van der Waals surface area contributed by atoms with Gasteiger partial charge in [-0.2, -0.15) is 0 Å². The molecule has 0 aliphatic heterocycles. The summed E-state index contributed by atoms with van der Waals surface area (Å²) in [7, 11) is 3.79. The molecule has 2 aromatic heterocycles. The first-order valence-corrected chi connectivity index (χ1v) is 12.2. The maximum Gasteiger partial charge on any atom is 0.251 e. The van der Waals surface area contributed by atoms with E-state index >= 15 is 0 Å². The van der Waals surface area contributed by atoms with Crippen LogP contribution >= 0.6 is 11.6 Å². The quantitative estimate of drug-likeness (QED) is 0.299. The molecule has 0 atom stereocenters. The number of nitrogen functional groups attached to an aromatic ring is 1. The number of aryl methyl sites for hydroxylation is 1. The van der Waals surface area contributed by atoms with Crippen molar-refractivity contribution in [3.8, 4) is 28.3 Å². The summed E-state index contributed by atoms with van der Waals surface area (Å²) in [6, 6.07) is 21.2. The number of hydrogen-bond donors (Lipinski definition) is 1. The lowest BCUT2D eigenvalue weighted by molar-refractivity contribution is 0.340. The number of pyridine rings is 1. The van der Waals surface area contributed by atoms with E-state index in [1.165, 1.54) is 0 Å². The lowest BCUT2D eigenvalue weighted by Gasteiger charge is -2.14. The molecule has 0 radical (unpaired) electrons. The van der Waals surface area contributed by atoms with Crippen molar-refractivity contribution in [2.75, 3.05) is 12.3 Å². The van der Waals surface area contributed by atoms with Crippen LogP contribution in [0.2, 0.25) is 5.02 Å². The van der Waals surface area contributed by atoms with E-state index in [0.29, 0.717) is 23.7 Å². The second-order valence-electron chi connectivity index (χ2n) is 8.81.